The number of rotatable bonds is 11. The van der Waals surface area contributed by atoms with Crippen LogP contribution in [0.3, 0.4) is 0 Å². The van der Waals surface area contributed by atoms with E-state index in [1.54, 1.807) is 26.4 Å². The fraction of sp³-hybridized carbons (Fsp3) is 0.480. The summed E-state index contributed by atoms with van der Waals surface area (Å²) >= 11 is 0. The van der Waals surface area contributed by atoms with Gasteiger partial charge in [-0.15, -0.1) is 0 Å². The molecule has 3 unspecified atom stereocenters. The van der Waals surface area contributed by atoms with Gasteiger partial charge in [-0.2, -0.15) is 5.26 Å². The number of nitriles is 1. The number of nitrogens with zero attached hydrogens (tertiary/aromatic N) is 2. The maximum Gasteiger partial charge on any atom is 0.216 e. The van der Waals surface area contributed by atoms with E-state index < -0.39 is 11.5 Å². The molecule has 0 radical (unpaired) electrons. The highest BCUT2D eigenvalue weighted by atomic mass is 16.6. The lowest BCUT2D eigenvalue weighted by molar-refractivity contribution is -0.526. The summed E-state index contributed by atoms with van der Waals surface area (Å²) in [5.41, 5.74) is -0.0858. The van der Waals surface area contributed by atoms with Crippen molar-refractivity contribution in [3.8, 4) is 29.1 Å². The lowest BCUT2D eigenvalue weighted by Gasteiger charge is -2.29. The molecule has 0 bridgehead atoms. The Morgan fingerprint density at radius 1 is 1.21 bits per heavy atom. The summed E-state index contributed by atoms with van der Waals surface area (Å²) in [5.74, 6) is 2.34. The van der Waals surface area contributed by atoms with Crippen molar-refractivity contribution in [2.24, 2.45) is 0 Å². The van der Waals surface area contributed by atoms with Crippen LogP contribution in [0.25, 0.3) is 0 Å². The number of hydrogen-bond acceptors (Lipinski definition) is 7. The van der Waals surface area contributed by atoms with Crippen LogP contribution in [0.15, 0.2) is 42.5 Å². The predicted molar refractivity (Wildman–Crippen MR) is 123 cm³/mol. The second-order valence-electron chi connectivity index (χ2n) is 8.15. The van der Waals surface area contributed by atoms with Crippen LogP contribution in [-0.4, -0.2) is 37.9 Å². The lowest BCUT2D eigenvalue weighted by atomic mass is 9.74. The molecule has 33 heavy (non-hydrogen) atoms. The molecule has 0 saturated carbocycles. The van der Waals surface area contributed by atoms with Gasteiger partial charge in [0.2, 0.25) is 6.04 Å². The third-order valence-corrected chi connectivity index (χ3v) is 6.28. The van der Waals surface area contributed by atoms with E-state index in [-0.39, 0.29) is 24.1 Å². The summed E-state index contributed by atoms with van der Waals surface area (Å²) < 4.78 is 22.6. The molecular formula is C25H30N2O6. The van der Waals surface area contributed by atoms with Gasteiger partial charge >= 0.3 is 0 Å². The molecule has 2 aromatic rings. The van der Waals surface area contributed by atoms with Crippen LogP contribution >= 0.6 is 0 Å². The summed E-state index contributed by atoms with van der Waals surface area (Å²) in [5, 5.41) is 21.9. The van der Waals surface area contributed by atoms with E-state index in [1.807, 2.05) is 37.3 Å². The van der Waals surface area contributed by atoms with E-state index in [2.05, 4.69) is 6.07 Å². The van der Waals surface area contributed by atoms with Crippen LogP contribution in [0.2, 0.25) is 0 Å². The molecule has 2 aromatic carbocycles. The molecular weight excluding hydrogens is 424 g/mol. The first-order valence-corrected chi connectivity index (χ1v) is 11.1. The fourth-order valence-electron chi connectivity index (χ4n) is 4.39. The Kier molecular flexibility index (Phi) is 7.99. The van der Waals surface area contributed by atoms with E-state index in [0.29, 0.717) is 48.7 Å². The number of nitro groups is 1. The van der Waals surface area contributed by atoms with Crippen LogP contribution < -0.4 is 18.9 Å². The summed E-state index contributed by atoms with van der Waals surface area (Å²) in [6, 6.07) is 14.5. The molecule has 1 aliphatic rings. The standard InChI is InChI=1S/C25H30N2O6/c1-4-25(17-26,20-10-7-13-23(30-2)24(20)31-3)14-8-9-18(27(28)29)15-19-16-32-21-11-5-6-12-22(21)33-19/h5-7,10-13,18-19H,4,8-9,14-16H2,1-3H3. The molecule has 0 fully saturated rings. The van der Waals surface area contributed by atoms with Gasteiger partial charge < -0.3 is 18.9 Å². The quantitative estimate of drug-likeness (QED) is 0.350. The molecule has 3 rings (SSSR count). The smallest absolute Gasteiger partial charge is 0.216 e. The highest BCUT2D eigenvalue weighted by Gasteiger charge is 2.36. The van der Waals surface area contributed by atoms with Gasteiger partial charge in [-0.3, -0.25) is 10.1 Å². The highest BCUT2D eigenvalue weighted by Crippen LogP contribution is 2.43. The topological polar surface area (TPSA) is 104 Å². The fourth-order valence-corrected chi connectivity index (χ4v) is 4.39. The number of fused-ring (bicyclic) bond motifs is 1. The zero-order chi connectivity index (χ0) is 23.8. The number of benzene rings is 2. The number of hydrogen-bond donors (Lipinski definition) is 0. The molecule has 8 nitrogen and oxygen atoms in total. The highest BCUT2D eigenvalue weighted by molar-refractivity contribution is 5.52. The predicted octanol–water partition coefficient (Wildman–Crippen LogP) is 4.92. The van der Waals surface area contributed by atoms with E-state index in [9.17, 15) is 15.4 Å². The molecule has 0 spiro atoms. The van der Waals surface area contributed by atoms with Crippen molar-refractivity contribution in [2.45, 2.75) is 56.6 Å². The molecule has 1 heterocycles. The van der Waals surface area contributed by atoms with Gasteiger partial charge in [0, 0.05) is 16.9 Å². The van der Waals surface area contributed by atoms with Gasteiger partial charge in [-0.1, -0.05) is 31.2 Å². The van der Waals surface area contributed by atoms with Crippen molar-refractivity contribution >= 4 is 0 Å². The molecule has 8 heteroatoms. The first-order chi connectivity index (χ1) is 16.0. The van der Waals surface area contributed by atoms with Gasteiger partial charge in [0.15, 0.2) is 23.0 Å². The van der Waals surface area contributed by atoms with Crippen molar-refractivity contribution in [2.75, 3.05) is 20.8 Å². The Hall–Kier alpha value is -3.47. The Morgan fingerprint density at radius 2 is 1.97 bits per heavy atom. The van der Waals surface area contributed by atoms with Crippen molar-refractivity contribution in [1.29, 1.82) is 5.26 Å². The van der Waals surface area contributed by atoms with Gasteiger partial charge in [0.25, 0.3) is 0 Å². The second-order valence-corrected chi connectivity index (χ2v) is 8.15. The Balaban J connectivity index is 1.69. The van der Waals surface area contributed by atoms with Crippen molar-refractivity contribution in [3.05, 3.63) is 58.1 Å². The van der Waals surface area contributed by atoms with E-state index in [4.69, 9.17) is 18.9 Å². The molecule has 3 atom stereocenters. The van der Waals surface area contributed by atoms with Crippen molar-refractivity contribution in [3.63, 3.8) is 0 Å². The molecule has 0 N–H and O–H groups in total. The first kappa shape index (κ1) is 24.2. The summed E-state index contributed by atoms with van der Waals surface area (Å²) in [4.78, 5) is 11.5. The Labute approximate surface area is 194 Å². The van der Waals surface area contributed by atoms with E-state index in [0.717, 1.165) is 5.56 Å². The number of methoxy groups -OCH3 is 2. The number of ether oxygens (including phenoxy) is 4. The third kappa shape index (κ3) is 5.30. The summed E-state index contributed by atoms with van der Waals surface area (Å²) in [6.45, 7) is 2.22. The molecule has 1 aliphatic heterocycles. The largest absolute Gasteiger partial charge is 0.493 e. The number of para-hydroxylation sites is 3. The SMILES string of the molecule is CCC(C#N)(CCCC(CC1COc2ccccc2O1)[N+](=O)[O-])c1cccc(OC)c1OC. The summed E-state index contributed by atoms with van der Waals surface area (Å²) in [6.07, 6.45) is 1.73. The van der Waals surface area contributed by atoms with Crippen LogP contribution in [0.1, 0.15) is 44.6 Å². The minimum atomic E-state index is -0.829. The third-order valence-electron chi connectivity index (χ3n) is 6.28. The maximum atomic E-state index is 11.8. The Bertz CT molecular complexity index is 1000. The molecule has 0 aliphatic carbocycles. The average Bonchev–Trinajstić information content (AvgIpc) is 2.85. The van der Waals surface area contributed by atoms with Crippen LogP contribution in [0.4, 0.5) is 0 Å². The Morgan fingerprint density at radius 3 is 2.61 bits per heavy atom. The monoisotopic (exact) mass is 454 g/mol. The molecule has 0 aromatic heterocycles. The second kappa shape index (κ2) is 10.9. The van der Waals surface area contributed by atoms with Crippen LogP contribution in [0.5, 0.6) is 23.0 Å². The van der Waals surface area contributed by atoms with Gasteiger partial charge in [-0.05, 0) is 37.5 Å². The molecule has 176 valence electrons. The van der Waals surface area contributed by atoms with Gasteiger partial charge in [-0.25, -0.2) is 0 Å². The van der Waals surface area contributed by atoms with Crippen molar-refractivity contribution < 1.29 is 23.9 Å². The van der Waals surface area contributed by atoms with Crippen LogP contribution in [0, 0.1) is 21.4 Å². The lowest BCUT2D eigenvalue weighted by Crippen LogP contribution is -2.35. The molecule has 0 saturated heterocycles. The minimum absolute atomic E-state index is 0.246. The van der Waals surface area contributed by atoms with Crippen LogP contribution in [-0.2, 0) is 5.41 Å². The minimum Gasteiger partial charge on any atom is -0.493 e. The normalized spacial score (nSPS) is 17.3. The zero-order valence-corrected chi connectivity index (χ0v) is 19.3. The summed E-state index contributed by atoms with van der Waals surface area (Å²) in [7, 11) is 3.10. The van der Waals surface area contributed by atoms with Gasteiger partial charge in [0.05, 0.1) is 32.1 Å². The maximum absolute atomic E-state index is 11.8. The zero-order valence-electron chi connectivity index (χ0n) is 19.3. The van der Waals surface area contributed by atoms with E-state index >= 15 is 0 Å². The first-order valence-electron chi connectivity index (χ1n) is 11.1. The molecule has 0 amide bonds. The van der Waals surface area contributed by atoms with E-state index in [1.165, 1.54) is 0 Å². The van der Waals surface area contributed by atoms with Crippen molar-refractivity contribution in [1.82, 2.24) is 0 Å². The van der Waals surface area contributed by atoms with Gasteiger partial charge in [0.1, 0.15) is 12.7 Å². The average molecular weight is 455 g/mol.